The van der Waals surface area contributed by atoms with Crippen LogP contribution in [0.4, 0.5) is 0 Å². The third-order valence-corrected chi connectivity index (χ3v) is 3.18. The molecule has 3 atom stereocenters. The van der Waals surface area contributed by atoms with E-state index in [2.05, 4.69) is 11.8 Å². The van der Waals surface area contributed by atoms with Gasteiger partial charge >= 0.3 is 0 Å². The fourth-order valence-corrected chi connectivity index (χ4v) is 2.41. The zero-order valence-electron chi connectivity index (χ0n) is 8.28. The van der Waals surface area contributed by atoms with Crippen molar-refractivity contribution in [3.63, 3.8) is 0 Å². The molecule has 1 N–H and O–H groups in total. The summed E-state index contributed by atoms with van der Waals surface area (Å²) in [6.07, 6.45) is 2.34. The number of likely N-dealkylation sites (tertiary alicyclic amines) is 1. The zero-order valence-corrected chi connectivity index (χ0v) is 8.28. The second-order valence-corrected chi connectivity index (χ2v) is 4.41. The molecule has 13 heavy (non-hydrogen) atoms. The monoisotopic (exact) mass is 185 g/mol. The minimum atomic E-state index is -0.259. The summed E-state index contributed by atoms with van der Waals surface area (Å²) in [5, 5.41) is 9.66. The average Bonchev–Trinajstić information content (AvgIpc) is 2.51. The second kappa shape index (κ2) is 3.95. The van der Waals surface area contributed by atoms with Crippen LogP contribution in [0, 0.1) is 5.92 Å². The van der Waals surface area contributed by atoms with Crippen molar-refractivity contribution in [3.8, 4) is 0 Å². The third-order valence-electron chi connectivity index (χ3n) is 3.18. The number of hydrogen-bond donors (Lipinski definition) is 1. The predicted octanol–water partition coefficient (Wildman–Crippen LogP) is 0.478. The molecule has 2 aliphatic heterocycles. The van der Waals surface area contributed by atoms with Gasteiger partial charge in [-0.15, -0.1) is 0 Å². The molecule has 0 aromatic rings. The van der Waals surface area contributed by atoms with Crippen molar-refractivity contribution < 1.29 is 9.84 Å². The van der Waals surface area contributed by atoms with Gasteiger partial charge in [0.1, 0.15) is 0 Å². The van der Waals surface area contributed by atoms with Crippen molar-refractivity contribution in [1.82, 2.24) is 4.90 Å². The van der Waals surface area contributed by atoms with Crippen LogP contribution in [0.25, 0.3) is 0 Å². The topological polar surface area (TPSA) is 32.7 Å². The molecule has 3 unspecified atom stereocenters. The number of aliphatic hydroxyl groups excluding tert-OH is 1. The molecule has 2 fully saturated rings. The maximum atomic E-state index is 9.66. The van der Waals surface area contributed by atoms with Crippen LogP contribution in [0.5, 0.6) is 0 Å². The quantitative estimate of drug-likeness (QED) is 0.645. The fourth-order valence-electron chi connectivity index (χ4n) is 2.41. The van der Waals surface area contributed by atoms with Gasteiger partial charge in [0.05, 0.1) is 25.4 Å². The van der Waals surface area contributed by atoms with E-state index in [-0.39, 0.29) is 12.1 Å². The summed E-state index contributed by atoms with van der Waals surface area (Å²) < 4.78 is 5.27. The van der Waals surface area contributed by atoms with Gasteiger partial charge < -0.3 is 9.84 Å². The maximum Gasteiger partial charge on any atom is 0.0950 e. The maximum absolute atomic E-state index is 9.66. The second-order valence-electron chi connectivity index (χ2n) is 4.41. The van der Waals surface area contributed by atoms with E-state index in [0.29, 0.717) is 13.2 Å². The number of nitrogens with zero attached hydrogens (tertiary/aromatic N) is 1. The Morgan fingerprint density at radius 2 is 2.23 bits per heavy atom. The Morgan fingerprint density at radius 1 is 1.38 bits per heavy atom. The Kier molecular flexibility index (Phi) is 2.86. The number of rotatable bonds is 1. The molecular weight excluding hydrogens is 166 g/mol. The van der Waals surface area contributed by atoms with E-state index in [4.69, 9.17) is 4.74 Å². The molecule has 0 aromatic heterocycles. The van der Waals surface area contributed by atoms with Crippen molar-refractivity contribution >= 4 is 0 Å². The van der Waals surface area contributed by atoms with Gasteiger partial charge in [0, 0.05) is 6.54 Å². The van der Waals surface area contributed by atoms with Gasteiger partial charge in [-0.2, -0.15) is 0 Å². The molecule has 76 valence electrons. The van der Waals surface area contributed by atoms with Crippen molar-refractivity contribution in [1.29, 1.82) is 0 Å². The van der Waals surface area contributed by atoms with Gasteiger partial charge in [0.15, 0.2) is 0 Å². The van der Waals surface area contributed by atoms with Crippen LogP contribution < -0.4 is 0 Å². The van der Waals surface area contributed by atoms with Gasteiger partial charge in [0.2, 0.25) is 0 Å². The first-order chi connectivity index (χ1) is 6.27. The smallest absolute Gasteiger partial charge is 0.0950 e. The lowest BCUT2D eigenvalue weighted by Crippen LogP contribution is -2.47. The molecule has 0 saturated carbocycles. The van der Waals surface area contributed by atoms with Crippen molar-refractivity contribution in [2.75, 3.05) is 26.3 Å². The zero-order chi connectivity index (χ0) is 9.26. The molecule has 0 aliphatic carbocycles. The summed E-state index contributed by atoms with van der Waals surface area (Å²) in [6, 6.07) is 0.266. The van der Waals surface area contributed by atoms with E-state index >= 15 is 0 Å². The van der Waals surface area contributed by atoms with Gasteiger partial charge in [0.25, 0.3) is 0 Å². The van der Waals surface area contributed by atoms with Gasteiger partial charge in [-0.3, -0.25) is 4.90 Å². The van der Waals surface area contributed by atoms with Crippen LogP contribution in [0.2, 0.25) is 0 Å². The SMILES string of the molecule is CC1CCCN(C2COCC2O)C1. The molecular formula is C10H19NO2. The van der Waals surface area contributed by atoms with E-state index in [0.717, 1.165) is 19.0 Å². The molecule has 2 rings (SSSR count). The third kappa shape index (κ3) is 2.03. The summed E-state index contributed by atoms with van der Waals surface area (Å²) in [4.78, 5) is 2.39. The number of ether oxygens (including phenoxy) is 1. The first kappa shape index (κ1) is 9.44. The highest BCUT2D eigenvalue weighted by Crippen LogP contribution is 2.21. The van der Waals surface area contributed by atoms with E-state index in [1.807, 2.05) is 0 Å². The summed E-state index contributed by atoms with van der Waals surface area (Å²) in [5.41, 5.74) is 0. The number of hydrogen-bond acceptors (Lipinski definition) is 3. The Bertz CT molecular complexity index is 174. The minimum Gasteiger partial charge on any atom is -0.389 e. The lowest BCUT2D eigenvalue weighted by molar-refractivity contribution is 0.0566. The van der Waals surface area contributed by atoms with E-state index in [9.17, 15) is 5.11 Å². The normalized spacial score (nSPS) is 42.5. The molecule has 0 spiro atoms. The molecule has 0 radical (unpaired) electrons. The predicted molar refractivity (Wildman–Crippen MR) is 50.6 cm³/mol. The molecule has 0 aromatic carbocycles. The first-order valence-corrected chi connectivity index (χ1v) is 5.27. The van der Waals surface area contributed by atoms with E-state index in [1.54, 1.807) is 0 Å². The van der Waals surface area contributed by atoms with Crippen LogP contribution >= 0.6 is 0 Å². The molecule has 2 heterocycles. The van der Waals surface area contributed by atoms with Gasteiger partial charge in [-0.05, 0) is 25.3 Å². The molecule has 2 aliphatic rings. The number of piperidine rings is 1. The van der Waals surface area contributed by atoms with Gasteiger partial charge in [-0.1, -0.05) is 6.92 Å². The summed E-state index contributed by atoms with van der Waals surface area (Å²) in [5.74, 6) is 0.779. The summed E-state index contributed by atoms with van der Waals surface area (Å²) in [7, 11) is 0. The first-order valence-electron chi connectivity index (χ1n) is 5.27. The van der Waals surface area contributed by atoms with Crippen LogP contribution in [0.15, 0.2) is 0 Å². The van der Waals surface area contributed by atoms with Crippen LogP contribution in [0.1, 0.15) is 19.8 Å². The number of aliphatic hydroxyl groups is 1. The molecule has 3 heteroatoms. The molecule has 0 bridgehead atoms. The Hall–Kier alpha value is -0.120. The van der Waals surface area contributed by atoms with Crippen LogP contribution in [-0.4, -0.2) is 48.5 Å². The lowest BCUT2D eigenvalue weighted by Gasteiger charge is -2.35. The highest BCUT2D eigenvalue weighted by Gasteiger charge is 2.33. The van der Waals surface area contributed by atoms with Crippen molar-refractivity contribution in [2.45, 2.75) is 31.9 Å². The highest BCUT2D eigenvalue weighted by molar-refractivity contribution is 4.86. The lowest BCUT2D eigenvalue weighted by atomic mass is 9.98. The van der Waals surface area contributed by atoms with Crippen molar-refractivity contribution in [2.24, 2.45) is 5.92 Å². The van der Waals surface area contributed by atoms with E-state index < -0.39 is 0 Å². The van der Waals surface area contributed by atoms with Crippen LogP contribution in [0.3, 0.4) is 0 Å². The molecule has 2 saturated heterocycles. The fraction of sp³-hybridized carbons (Fsp3) is 1.00. The summed E-state index contributed by atoms with van der Waals surface area (Å²) in [6.45, 7) is 5.79. The Labute approximate surface area is 79.7 Å². The van der Waals surface area contributed by atoms with Crippen molar-refractivity contribution in [3.05, 3.63) is 0 Å². The minimum absolute atomic E-state index is 0.259. The highest BCUT2D eigenvalue weighted by atomic mass is 16.5. The molecule has 3 nitrogen and oxygen atoms in total. The average molecular weight is 185 g/mol. The Balaban J connectivity index is 1.91. The molecule has 0 amide bonds. The standard InChI is InChI=1S/C10H19NO2/c1-8-3-2-4-11(5-8)9-6-13-7-10(9)12/h8-10,12H,2-7H2,1H3. The van der Waals surface area contributed by atoms with Crippen LogP contribution in [-0.2, 0) is 4.74 Å². The largest absolute Gasteiger partial charge is 0.389 e. The van der Waals surface area contributed by atoms with Gasteiger partial charge in [-0.25, -0.2) is 0 Å². The Morgan fingerprint density at radius 3 is 2.85 bits per heavy atom. The van der Waals surface area contributed by atoms with E-state index in [1.165, 1.54) is 12.8 Å². The summed E-state index contributed by atoms with van der Waals surface area (Å²) >= 11 is 0.